The average Bonchev–Trinajstić information content (AvgIpc) is 2.29. The molecule has 0 radical (unpaired) electrons. The molecule has 1 N–H and O–H groups in total. The lowest BCUT2D eigenvalue weighted by Gasteiger charge is -2.36. The van der Waals surface area contributed by atoms with Gasteiger partial charge >= 0.3 is 6.09 Å². The summed E-state index contributed by atoms with van der Waals surface area (Å²) in [7, 11) is 0. The highest BCUT2D eigenvalue weighted by molar-refractivity contribution is 9.10. The number of pyridine rings is 1. The van der Waals surface area contributed by atoms with Crippen LogP contribution in [0.2, 0.25) is 0 Å². The third-order valence-electron chi connectivity index (χ3n) is 2.91. The van der Waals surface area contributed by atoms with Crippen LogP contribution >= 0.6 is 15.9 Å². The van der Waals surface area contributed by atoms with Crippen molar-refractivity contribution >= 4 is 22.0 Å². The van der Waals surface area contributed by atoms with Crippen molar-refractivity contribution in [2.45, 2.75) is 51.4 Å². The van der Waals surface area contributed by atoms with Gasteiger partial charge < -0.3 is 14.8 Å². The van der Waals surface area contributed by atoms with Gasteiger partial charge in [-0.1, -0.05) is 0 Å². The van der Waals surface area contributed by atoms with Crippen molar-refractivity contribution in [3.8, 4) is 5.75 Å². The van der Waals surface area contributed by atoms with E-state index in [4.69, 9.17) is 9.47 Å². The molecule has 1 heterocycles. The molecule has 1 aromatic rings. The van der Waals surface area contributed by atoms with E-state index in [1.54, 1.807) is 0 Å². The fourth-order valence-electron chi connectivity index (χ4n) is 1.92. The van der Waals surface area contributed by atoms with E-state index in [0.717, 1.165) is 6.20 Å². The van der Waals surface area contributed by atoms with Gasteiger partial charge in [0.15, 0.2) is 11.6 Å². The SMILES string of the molecule is CC(C)(C)OC(=O)NC1CC(Oc2cncc(F)c2Br)C1. The normalized spacial score (nSPS) is 21.4. The van der Waals surface area contributed by atoms with Crippen LogP contribution in [-0.4, -0.2) is 28.8 Å². The van der Waals surface area contributed by atoms with E-state index >= 15 is 0 Å². The number of hydrogen-bond donors (Lipinski definition) is 1. The molecule has 1 saturated carbocycles. The van der Waals surface area contributed by atoms with Gasteiger partial charge in [-0.2, -0.15) is 0 Å². The summed E-state index contributed by atoms with van der Waals surface area (Å²) in [5, 5.41) is 2.77. The lowest BCUT2D eigenvalue weighted by molar-refractivity contribution is 0.0360. The second-order valence-corrected chi connectivity index (χ2v) is 6.78. The maximum Gasteiger partial charge on any atom is 0.407 e. The third kappa shape index (κ3) is 4.56. The first-order valence-electron chi connectivity index (χ1n) is 6.70. The van der Waals surface area contributed by atoms with Crippen LogP contribution in [0.25, 0.3) is 0 Å². The zero-order chi connectivity index (χ0) is 15.6. The topological polar surface area (TPSA) is 60.5 Å². The van der Waals surface area contributed by atoms with Crippen molar-refractivity contribution < 1.29 is 18.7 Å². The molecule has 0 unspecified atom stereocenters. The Hall–Kier alpha value is -1.37. The molecule has 0 saturated heterocycles. The van der Waals surface area contributed by atoms with Crippen molar-refractivity contribution in [3.05, 3.63) is 22.7 Å². The van der Waals surface area contributed by atoms with E-state index < -0.39 is 17.5 Å². The molecule has 5 nitrogen and oxygen atoms in total. The molecule has 1 fully saturated rings. The Bertz CT molecular complexity index is 527. The van der Waals surface area contributed by atoms with Gasteiger partial charge in [0.25, 0.3) is 0 Å². The summed E-state index contributed by atoms with van der Waals surface area (Å²) in [6.45, 7) is 5.44. The first-order valence-corrected chi connectivity index (χ1v) is 7.49. The van der Waals surface area contributed by atoms with Crippen LogP contribution in [-0.2, 0) is 4.74 Å². The smallest absolute Gasteiger partial charge is 0.407 e. The Morgan fingerprint density at radius 2 is 2.10 bits per heavy atom. The Morgan fingerprint density at radius 3 is 2.71 bits per heavy atom. The molecule has 116 valence electrons. The van der Waals surface area contributed by atoms with Gasteiger partial charge in [0.05, 0.1) is 16.9 Å². The van der Waals surface area contributed by atoms with Crippen molar-refractivity contribution in [1.29, 1.82) is 0 Å². The lowest BCUT2D eigenvalue weighted by Crippen LogP contribution is -2.50. The summed E-state index contributed by atoms with van der Waals surface area (Å²) < 4.78 is 24.4. The highest BCUT2D eigenvalue weighted by atomic mass is 79.9. The fraction of sp³-hybridized carbons (Fsp3) is 0.571. The molecule has 0 aliphatic heterocycles. The van der Waals surface area contributed by atoms with Gasteiger partial charge in [-0.15, -0.1) is 0 Å². The molecule has 0 spiro atoms. The standard InChI is InChI=1S/C14H18BrFN2O3/c1-14(2,3)21-13(19)18-8-4-9(5-8)20-11-7-17-6-10(16)12(11)15/h6-9H,4-5H2,1-3H3,(H,18,19). The zero-order valence-electron chi connectivity index (χ0n) is 12.2. The molecule has 0 aromatic carbocycles. The van der Waals surface area contributed by atoms with Crippen molar-refractivity contribution in [2.75, 3.05) is 0 Å². The Kier molecular flexibility index (Phi) is 4.70. The molecule has 2 rings (SSSR count). The number of amides is 1. The lowest BCUT2D eigenvalue weighted by atomic mass is 9.89. The predicted molar refractivity (Wildman–Crippen MR) is 78.7 cm³/mol. The van der Waals surface area contributed by atoms with Crippen LogP contribution in [0.4, 0.5) is 9.18 Å². The second kappa shape index (κ2) is 6.17. The molecule has 1 aliphatic carbocycles. The first-order chi connectivity index (χ1) is 9.74. The van der Waals surface area contributed by atoms with Crippen molar-refractivity contribution in [1.82, 2.24) is 10.3 Å². The number of aromatic nitrogens is 1. The van der Waals surface area contributed by atoms with Crippen molar-refractivity contribution in [2.24, 2.45) is 0 Å². The van der Waals surface area contributed by atoms with E-state index in [9.17, 15) is 9.18 Å². The molecule has 0 bridgehead atoms. The molecule has 1 amide bonds. The molecular weight excluding hydrogens is 343 g/mol. The number of alkyl carbamates (subject to hydrolysis) is 1. The highest BCUT2D eigenvalue weighted by Crippen LogP contribution is 2.31. The zero-order valence-corrected chi connectivity index (χ0v) is 13.7. The predicted octanol–water partition coefficient (Wildman–Crippen LogP) is 3.42. The van der Waals surface area contributed by atoms with E-state index in [2.05, 4.69) is 26.2 Å². The molecule has 1 aliphatic rings. The number of ether oxygens (including phenoxy) is 2. The third-order valence-corrected chi connectivity index (χ3v) is 3.68. The van der Waals surface area contributed by atoms with Crippen LogP contribution in [0.15, 0.2) is 16.9 Å². The molecular formula is C14H18BrFN2O3. The number of halogens is 2. The monoisotopic (exact) mass is 360 g/mol. The van der Waals surface area contributed by atoms with E-state index in [1.807, 2.05) is 20.8 Å². The Balaban J connectivity index is 1.77. The summed E-state index contributed by atoms with van der Waals surface area (Å²) in [4.78, 5) is 15.3. The summed E-state index contributed by atoms with van der Waals surface area (Å²) in [5.74, 6) is -0.0917. The van der Waals surface area contributed by atoms with E-state index in [-0.39, 0.29) is 16.6 Å². The van der Waals surface area contributed by atoms with E-state index in [0.29, 0.717) is 18.6 Å². The quantitative estimate of drug-likeness (QED) is 0.896. The minimum absolute atomic E-state index is 0.0187. The Labute approximate surface area is 131 Å². The number of nitrogens with one attached hydrogen (secondary N) is 1. The summed E-state index contributed by atoms with van der Waals surface area (Å²) in [5.41, 5.74) is -0.512. The van der Waals surface area contributed by atoms with Gasteiger partial charge in [-0.25, -0.2) is 9.18 Å². The van der Waals surface area contributed by atoms with E-state index in [1.165, 1.54) is 6.20 Å². The van der Waals surface area contributed by atoms with Crippen LogP contribution in [0.1, 0.15) is 33.6 Å². The molecule has 7 heteroatoms. The maximum atomic E-state index is 13.3. The number of nitrogens with zero attached hydrogens (tertiary/aromatic N) is 1. The van der Waals surface area contributed by atoms with Gasteiger partial charge in [-0.3, -0.25) is 4.98 Å². The number of hydrogen-bond acceptors (Lipinski definition) is 4. The summed E-state index contributed by atoms with van der Waals surface area (Å²) >= 11 is 3.12. The van der Waals surface area contributed by atoms with Gasteiger partial charge in [0, 0.05) is 18.9 Å². The molecule has 21 heavy (non-hydrogen) atoms. The maximum absolute atomic E-state index is 13.3. The minimum Gasteiger partial charge on any atom is -0.487 e. The second-order valence-electron chi connectivity index (χ2n) is 5.99. The number of carbonyl (C=O) groups excluding carboxylic acids is 1. The first kappa shape index (κ1) is 16.0. The summed E-state index contributed by atoms with van der Waals surface area (Å²) in [6.07, 6.45) is 3.39. The van der Waals surface area contributed by atoms with Crippen molar-refractivity contribution in [3.63, 3.8) is 0 Å². The van der Waals surface area contributed by atoms with Gasteiger partial charge in [0.1, 0.15) is 11.7 Å². The molecule has 0 atom stereocenters. The largest absolute Gasteiger partial charge is 0.487 e. The van der Waals surface area contributed by atoms with Gasteiger partial charge in [-0.05, 0) is 36.7 Å². The molecule has 1 aromatic heterocycles. The minimum atomic E-state index is -0.512. The Morgan fingerprint density at radius 1 is 1.43 bits per heavy atom. The van der Waals surface area contributed by atoms with Crippen LogP contribution in [0.3, 0.4) is 0 Å². The summed E-state index contributed by atoms with van der Waals surface area (Å²) in [6, 6.07) is 0.0187. The number of rotatable bonds is 3. The van der Waals surface area contributed by atoms with Crippen LogP contribution in [0.5, 0.6) is 5.75 Å². The number of carbonyl (C=O) groups is 1. The van der Waals surface area contributed by atoms with Crippen LogP contribution in [0, 0.1) is 5.82 Å². The fourth-order valence-corrected chi connectivity index (χ4v) is 2.22. The average molecular weight is 361 g/mol. The highest BCUT2D eigenvalue weighted by Gasteiger charge is 2.33. The van der Waals surface area contributed by atoms with Crippen LogP contribution < -0.4 is 10.1 Å². The van der Waals surface area contributed by atoms with Gasteiger partial charge in [0.2, 0.25) is 0 Å².